The molecule has 0 bridgehead atoms. The lowest BCUT2D eigenvalue weighted by Crippen LogP contribution is -2.22. The van der Waals surface area contributed by atoms with Crippen LogP contribution in [0.5, 0.6) is 0 Å². The number of fused-ring (bicyclic) bond motifs is 1. The highest BCUT2D eigenvalue weighted by Crippen LogP contribution is 2.30. The fourth-order valence-electron chi connectivity index (χ4n) is 2.19. The van der Waals surface area contributed by atoms with Crippen LogP contribution in [0.25, 0.3) is 10.9 Å². The second-order valence-electron chi connectivity index (χ2n) is 5.08. The van der Waals surface area contributed by atoms with Gasteiger partial charge in [-0.25, -0.2) is 0 Å². The molecular formula is C18H15ClN2OS. The molecule has 1 heterocycles. The fourth-order valence-corrected chi connectivity index (χ4v) is 3.31. The summed E-state index contributed by atoms with van der Waals surface area (Å²) in [6, 6.07) is 17.0. The molecule has 0 fully saturated rings. The SMILES string of the molecule is CC(Sc1ccnc2ccccc12)C(=O)Nc1ccc(Cl)cc1. The lowest BCUT2D eigenvalue weighted by molar-refractivity contribution is -0.115. The van der Waals surface area contributed by atoms with Crippen LogP contribution in [0.4, 0.5) is 5.69 Å². The maximum atomic E-state index is 12.4. The van der Waals surface area contributed by atoms with Crippen LogP contribution >= 0.6 is 23.4 Å². The summed E-state index contributed by atoms with van der Waals surface area (Å²) < 4.78 is 0. The highest BCUT2D eigenvalue weighted by molar-refractivity contribution is 8.00. The summed E-state index contributed by atoms with van der Waals surface area (Å²) in [5.41, 5.74) is 1.68. The van der Waals surface area contributed by atoms with E-state index < -0.39 is 0 Å². The lowest BCUT2D eigenvalue weighted by Gasteiger charge is -2.13. The van der Waals surface area contributed by atoms with Crippen LogP contribution in [0.1, 0.15) is 6.92 Å². The number of carbonyl (C=O) groups excluding carboxylic acids is 1. The molecular weight excluding hydrogens is 328 g/mol. The van der Waals surface area contributed by atoms with E-state index in [0.717, 1.165) is 21.5 Å². The van der Waals surface area contributed by atoms with Crippen LogP contribution in [0.15, 0.2) is 65.7 Å². The average molecular weight is 343 g/mol. The third-order valence-corrected chi connectivity index (χ3v) is 4.82. The molecule has 5 heteroatoms. The number of nitrogens with one attached hydrogen (secondary N) is 1. The summed E-state index contributed by atoms with van der Waals surface area (Å²) >= 11 is 7.38. The Labute approximate surface area is 144 Å². The van der Waals surface area contributed by atoms with Gasteiger partial charge in [0.2, 0.25) is 5.91 Å². The van der Waals surface area contributed by atoms with E-state index in [0.29, 0.717) is 5.02 Å². The maximum Gasteiger partial charge on any atom is 0.237 e. The number of carbonyl (C=O) groups is 1. The van der Waals surface area contributed by atoms with E-state index in [4.69, 9.17) is 11.6 Å². The van der Waals surface area contributed by atoms with Crippen molar-refractivity contribution in [2.45, 2.75) is 17.1 Å². The van der Waals surface area contributed by atoms with Crippen molar-refractivity contribution in [3.8, 4) is 0 Å². The Balaban J connectivity index is 1.73. The summed E-state index contributed by atoms with van der Waals surface area (Å²) in [6.45, 7) is 1.89. The number of halogens is 1. The first-order chi connectivity index (χ1) is 11.1. The van der Waals surface area contributed by atoms with Crippen molar-refractivity contribution < 1.29 is 4.79 Å². The van der Waals surface area contributed by atoms with Crippen molar-refractivity contribution in [3.05, 3.63) is 65.8 Å². The van der Waals surface area contributed by atoms with Crippen molar-refractivity contribution in [2.24, 2.45) is 0 Å². The Morgan fingerprint density at radius 1 is 1.13 bits per heavy atom. The minimum Gasteiger partial charge on any atom is -0.325 e. The van der Waals surface area contributed by atoms with E-state index in [-0.39, 0.29) is 11.2 Å². The quantitative estimate of drug-likeness (QED) is 0.678. The summed E-state index contributed by atoms with van der Waals surface area (Å²) in [7, 11) is 0. The predicted molar refractivity (Wildman–Crippen MR) is 97.1 cm³/mol. The molecule has 0 aliphatic heterocycles. The van der Waals surface area contributed by atoms with E-state index in [1.165, 1.54) is 11.8 Å². The minimum atomic E-state index is -0.225. The summed E-state index contributed by atoms with van der Waals surface area (Å²) in [5.74, 6) is -0.0433. The van der Waals surface area contributed by atoms with Gasteiger partial charge in [-0.05, 0) is 43.3 Å². The Hall–Kier alpha value is -2.04. The number of anilines is 1. The van der Waals surface area contributed by atoms with Crippen molar-refractivity contribution >= 4 is 45.9 Å². The van der Waals surface area contributed by atoms with Crippen LogP contribution in [0.2, 0.25) is 5.02 Å². The molecule has 0 spiro atoms. The number of amides is 1. The number of benzene rings is 2. The normalized spacial score (nSPS) is 12.1. The first-order valence-corrected chi connectivity index (χ1v) is 8.46. The first-order valence-electron chi connectivity index (χ1n) is 7.20. The van der Waals surface area contributed by atoms with Gasteiger partial charge in [0, 0.05) is 27.2 Å². The molecule has 3 rings (SSSR count). The van der Waals surface area contributed by atoms with E-state index >= 15 is 0 Å². The van der Waals surface area contributed by atoms with Gasteiger partial charge in [-0.15, -0.1) is 11.8 Å². The monoisotopic (exact) mass is 342 g/mol. The van der Waals surface area contributed by atoms with E-state index in [9.17, 15) is 4.79 Å². The van der Waals surface area contributed by atoms with Crippen LogP contribution in [-0.4, -0.2) is 16.1 Å². The standard InChI is InChI=1S/C18H15ClN2OS/c1-12(18(22)21-14-8-6-13(19)7-9-14)23-17-10-11-20-16-5-3-2-4-15(16)17/h2-12H,1H3,(H,21,22). The van der Waals surface area contributed by atoms with Crippen LogP contribution < -0.4 is 5.32 Å². The zero-order chi connectivity index (χ0) is 16.2. The number of hydrogen-bond acceptors (Lipinski definition) is 3. The van der Waals surface area contributed by atoms with Crippen LogP contribution in [-0.2, 0) is 4.79 Å². The average Bonchev–Trinajstić information content (AvgIpc) is 2.57. The van der Waals surface area contributed by atoms with Gasteiger partial charge in [0.15, 0.2) is 0 Å². The molecule has 1 N–H and O–H groups in total. The van der Waals surface area contributed by atoms with Gasteiger partial charge < -0.3 is 5.32 Å². The molecule has 1 unspecified atom stereocenters. The van der Waals surface area contributed by atoms with Crippen molar-refractivity contribution in [3.63, 3.8) is 0 Å². The predicted octanol–water partition coefficient (Wildman–Crippen LogP) is 5.01. The number of pyridine rings is 1. The third kappa shape index (κ3) is 3.84. The topological polar surface area (TPSA) is 42.0 Å². The largest absolute Gasteiger partial charge is 0.325 e. The molecule has 1 amide bonds. The second-order valence-corrected chi connectivity index (χ2v) is 6.90. The van der Waals surface area contributed by atoms with Gasteiger partial charge in [0.25, 0.3) is 0 Å². The summed E-state index contributed by atoms with van der Waals surface area (Å²) in [5, 5.41) is 4.39. The summed E-state index contributed by atoms with van der Waals surface area (Å²) in [4.78, 5) is 17.8. The van der Waals surface area contributed by atoms with Gasteiger partial charge in [-0.3, -0.25) is 9.78 Å². The Morgan fingerprint density at radius 2 is 1.87 bits per heavy atom. The highest BCUT2D eigenvalue weighted by atomic mass is 35.5. The van der Waals surface area contributed by atoms with Crippen LogP contribution in [0.3, 0.4) is 0 Å². The summed E-state index contributed by atoms with van der Waals surface area (Å²) in [6.07, 6.45) is 1.77. The van der Waals surface area contributed by atoms with Crippen molar-refractivity contribution in [1.82, 2.24) is 4.98 Å². The van der Waals surface area contributed by atoms with E-state index in [1.54, 1.807) is 30.5 Å². The van der Waals surface area contributed by atoms with Gasteiger partial charge in [0.1, 0.15) is 0 Å². The zero-order valence-electron chi connectivity index (χ0n) is 12.5. The van der Waals surface area contributed by atoms with Crippen molar-refractivity contribution in [2.75, 3.05) is 5.32 Å². The number of nitrogens with zero attached hydrogens (tertiary/aromatic N) is 1. The number of thioether (sulfide) groups is 1. The molecule has 0 saturated carbocycles. The molecule has 23 heavy (non-hydrogen) atoms. The molecule has 0 aliphatic carbocycles. The maximum absolute atomic E-state index is 12.4. The molecule has 1 atom stereocenters. The van der Waals surface area contributed by atoms with Gasteiger partial charge >= 0.3 is 0 Å². The molecule has 0 saturated heterocycles. The molecule has 116 valence electrons. The minimum absolute atomic E-state index is 0.0433. The number of rotatable bonds is 4. The molecule has 0 radical (unpaired) electrons. The zero-order valence-corrected chi connectivity index (χ0v) is 14.1. The van der Waals surface area contributed by atoms with Crippen molar-refractivity contribution in [1.29, 1.82) is 0 Å². The van der Waals surface area contributed by atoms with Crippen LogP contribution in [0, 0.1) is 0 Å². The molecule has 0 aliphatic rings. The Bertz CT molecular complexity index is 831. The second kappa shape index (κ2) is 7.02. The number of aromatic nitrogens is 1. The van der Waals surface area contributed by atoms with E-state index in [1.807, 2.05) is 37.3 Å². The highest BCUT2D eigenvalue weighted by Gasteiger charge is 2.16. The van der Waals surface area contributed by atoms with Gasteiger partial charge in [-0.2, -0.15) is 0 Å². The number of para-hydroxylation sites is 1. The smallest absolute Gasteiger partial charge is 0.237 e. The molecule has 2 aromatic carbocycles. The van der Waals surface area contributed by atoms with Gasteiger partial charge in [-0.1, -0.05) is 29.8 Å². The lowest BCUT2D eigenvalue weighted by atomic mass is 10.2. The molecule has 3 aromatic rings. The van der Waals surface area contributed by atoms with Gasteiger partial charge in [0.05, 0.1) is 10.8 Å². The Kier molecular flexibility index (Phi) is 4.84. The molecule has 1 aromatic heterocycles. The Morgan fingerprint density at radius 3 is 2.65 bits per heavy atom. The fraction of sp³-hybridized carbons (Fsp3) is 0.111. The molecule has 3 nitrogen and oxygen atoms in total. The third-order valence-electron chi connectivity index (χ3n) is 3.39. The van der Waals surface area contributed by atoms with E-state index in [2.05, 4.69) is 10.3 Å². The first kappa shape index (κ1) is 15.8. The number of hydrogen-bond donors (Lipinski definition) is 1.